The number of aldehydes is 1. The second-order valence-corrected chi connectivity index (χ2v) is 4.84. The topological polar surface area (TPSA) is 20.3 Å². The summed E-state index contributed by atoms with van der Waals surface area (Å²) in [5, 5.41) is 0. The van der Waals surface area contributed by atoms with E-state index in [1.54, 1.807) is 0 Å². The Labute approximate surface area is 88.7 Å². The third-order valence-electron chi connectivity index (χ3n) is 3.04. The van der Waals surface area contributed by atoms with E-state index in [2.05, 4.69) is 32.7 Å². The van der Waals surface area contributed by atoms with Crippen LogP contribution >= 0.6 is 0 Å². The molecule has 14 heavy (non-hydrogen) atoms. The molecule has 0 fully saturated rings. The van der Waals surface area contributed by atoms with E-state index in [-0.39, 0.29) is 5.41 Å². The Bertz CT molecular complexity index is 170. The van der Waals surface area contributed by atoms with Crippen LogP contribution in [0.1, 0.15) is 40.5 Å². The van der Waals surface area contributed by atoms with Crippen LogP contribution in [0.25, 0.3) is 0 Å². The Morgan fingerprint density at radius 3 is 2.36 bits per heavy atom. The first-order valence-electron chi connectivity index (χ1n) is 5.62. The van der Waals surface area contributed by atoms with E-state index in [0.717, 1.165) is 25.8 Å². The van der Waals surface area contributed by atoms with Crippen molar-refractivity contribution in [2.24, 2.45) is 11.3 Å². The van der Waals surface area contributed by atoms with Gasteiger partial charge in [-0.05, 0) is 19.4 Å². The molecule has 0 aliphatic carbocycles. The van der Waals surface area contributed by atoms with Gasteiger partial charge < -0.3 is 9.69 Å². The summed E-state index contributed by atoms with van der Waals surface area (Å²) in [4.78, 5) is 13.2. The van der Waals surface area contributed by atoms with Gasteiger partial charge in [-0.25, -0.2) is 0 Å². The first-order valence-corrected chi connectivity index (χ1v) is 5.62. The van der Waals surface area contributed by atoms with Crippen LogP contribution in [0.15, 0.2) is 0 Å². The van der Waals surface area contributed by atoms with Crippen LogP contribution in [0.3, 0.4) is 0 Å². The second kappa shape index (κ2) is 6.18. The highest BCUT2D eigenvalue weighted by molar-refractivity contribution is 5.58. The molecule has 0 saturated heterocycles. The molecule has 2 unspecified atom stereocenters. The normalized spacial score (nSPS) is 17.9. The van der Waals surface area contributed by atoms with Crippen molar-refractivity contribution >= 4 is 6.29 Å². The lowest BCUT2D eigenvalue weighted by Crippen LogP contribution is -2.36. The van der Waals surface area contributed by atoms with Crippen molar-refractivity contribution in [3.05, 3.63) is 0 Å². The van der Waals surface area contributed by atoms with Gasteiger partial charge in [-0.15, -0.1) is 0 Å². The van der Waals surface area contributed by atoms with Gasteiger partial charge in [0.2, 0.25) is 0 Å². The highest BCUT2D eigenvalue weighted by Gasteiger charge is 2.23. The molecule has 0 aromatic heterocycles. The monoisotopic (exact) mass is 199 g/mol. The van der Waals surface area contributed by atoms with E-state index in [1.165, 1.54) is 6.42 Å². The number of hydrogen-bond donors (Lipinski definition) is 0. The van der Waals surface area contributed by atoms with Crippen LogP contribution in [-0.2, 0) is 4.79 Å². The molecule has 0 aliphatic rings. The molecule has 0 radical (unpaired) electrons. The maximum Gasteiger partial charge on any atom is 0.127 e. The fourth-order valence-corrected chi connectivity index (χ4v) is 1.57. The van der Waals surface area contributed by atoms with E-state index in [4.69, 9.17) is 0 Å². The third kappa shape index (κ3) is 4.75. The summed E-state index contributed by atoms with van der Waals surface area (Å²) in [5.74, 6) is 0.716. The summed E-state index contributed by atoms with van der Waals surface area (Å²) >= 11 is 0. The zero-order valence-corrected chi connectivity index (χ0v) is 10.3. The molecule has 2 nitrogen and oxygen atoms in total. The quantitative estimate of drug-likeness (QED) is 0.587. The minimum atomic E-state index is -0.164. The van der Waals surface area contributed by atoms with E-state index in [1.807, 2.05) is 6.92 Å². The smallest absolute Gasteiger partial charge is 0.127 e. The van der Waals surface area contributed by atoms with Crippen LogP contribution in [0.5, 0.6) is 0 Å². The van der Waals surface area contributed by atoms with Crippen molar-refractivity contribution in [2.45, 2.75) is 40.5 Å². The molecule has 0 aromatic rings. The average Bonchev–Trinajstić information content (AvgIpc) is 2.17. The van der Waals surface area contributed by atoms with Gasteiger partial charge in [-0.2, -0.15) is 0 Å². The molecule has 0 N–H and O–H groups in total. The lowest BCUT2D eigenvalue weighted by atomic mass is 9.89. The van der Waals surface area contributed by atoms with Gasteiger partial charge >= 0.3 is 0 Å². The number of hydrogen-bond acceptors (Lipinski definition) is 2. The van der Waals surface area contributed by atoms with Crippen molar-refractivity contribution in [2.75, 3.05) is 20.1 Å². The predicted octanol–water partition coefficient (Wildman–Crippen LogP) is 2.58. The number of carbonyl (C=O) groups is 1. The summed E-state index contributed by atoms with van der Waals surface area (Å²) in [6.07, 6.45) is 3.22. The predicted molar refractivity (Wildman–Crippen MR) is 61.4 cm³/mol. The van der Waals surface area contributed by atoms with Gasteiger partial charge in [0.25, 0.3) is 0 Å². The zero-order chi connectivity index (χ0) is 11.2. The Kier molecular flexibility index (Phi) is 6.01. The van der Waals surface area contributed by atoms with Crippen LogP contribution in [0.4, 0.5) is 0 Å². The summed E-state index contributed by atoms with van der Waals surface area (Å²) in [7, 11) is 2.10. The molecule has 0 aromatic carbocycles. The lowest BCUT2D eigenvalue weighted by molar-refractivity contribution is -0.116. The first kappa shape index (κ1) is 13.6. The van der Waals surface area contributed by atoms with Crippen molar-refractivity contribution in [1.82, 2.24) is 4.90 Å². The van der Waals surface area contributed by atoms with E-state index in [0.29, 0.717) is 5.92 Å². The van der Waals surface area contributed by atoms with Gasteiger partial charge in [0.1, 0.15) is 6.29 Å². The highest BCUT2D eigenvalue weighted by Crippen LogP contribution is 2.19. The number of rotatable bonds is 7. The molecular formula is C12H25NO. The Morgan fingerprint density at radius 2 is 2.00 bits per heavy atom. The Hall–Kier alpha value is -0.370. The van der Waals surface area contributed by atoms with Crippen molar-refractivity contribution < 1.29 is 4.79 Å². The molecule has 2 heteroatoms. The van der Waals surface area contributed by atoms with Crippen LogP contribution in [0, 0.1) is 11.3 Å². The van der Waals surface area contributed by atoms with Crippen LogP contribution < -0.4 is 0 Å². The minimum absolute atomic E-state index is 0.164. The highest BCUT2D eigenvalue weighted by atomic mass is 16.1. The van der Waals surface area contributed by atoms with E-state index in [9.17, 15) is 4.79 Å². The molecule has 0 saturated carbocycles. The molecular weight excluding hydrogens is 174 g/mol. The summed E-state index contributed by atoms with van der Waals surface area (Å²) in [6.45, 7) is 10.5. The fraction of sp³-hybridized carbons (Fsp3) is 0.917. The molecule has 0 bridgehead atoms. The SMILES string of the molecule is CCC(C)CN(C)CC(C)(C=O)CC. The van der Waals surface area contributed by atoms with Crippen molar-refractivity contribution in [3.63, 3.8) is 0 Å². The summed E-state index contributed by atoms with van der Waals surface area (Å²) in [6, 6.07) is 0. The van der Waals surface area contributed by atoms with Crippen LogP contribution in [-0.4, -0.2) is 31.3 Å². The van der Waals surface area contributed by atoms with Gasteiger partial charge in [-0.3, -0.25) is 0 Å². The van der Waals surface area contributed by atoms with Crippen LogP contribution in [0.2, 0.25) is 0 Å². The third-order valence-corrected chi connectivity index (χ3v) is 3.04. The van der Waals surface area contributed by atoms with Gasteiger partial charge in [0, 0.05) is 18.5 Å². The second-order valence-electron chi connectivity index (χ2n) is 4.84. The number of carbonyl (C=O) groups excluding carboxylic acids is 1. The Balaban J connectivity index is 4.03. The molecule has 0 rings (SSSR count). The minimum Gasteiger partial charge on any atom is -0.305 e. The molecule has 0 amide bonds. The molecule has 0 spiro atoms. The Morgan fingerprint density at radius 1 is 1.43 bits per heavy atom. The van der Waals surface area contributed by atoms with E-state index < -0.39 is 0 Å². The molecule has 2 atom stereocenters. The van der Waals surface area contributed by atoms with Gasteiger partial charge in [0.05, 0.1) is 0 Å². The number of nitrogens with zero attached hydrogens (tertiary/aromatic N) is 1. The average molecular weight is 199 g/mol. The lowest BCUT2D eigenvalue weighted by Gasteiger charge is -2.29. The zero-order valence-electron chi connectivity index (χ0n) is 10.3. The van der Waals surface area contributed by atoms with Gasteiger partial charge in [0.15, 0.2) is 0 Å². The molecule has 84 valence electrons. The van der Waals surface area contributed by atoms with E-state index >= 15 is 0 Å². The standard InChI is InChI=1S/C12H25NO/c1-6-11(3)8-13(5)9-12(4,7-2)10-14/h10-11H,6-9H2,1-5H3. The maximum absolute atomic E-state index is 10.9. The molecule has 0 heterocycles. The van der Waals surface area contributed by atoms with Crippen molar-refractivity contribution in [1.29, 1.82) is 0 Å². The van der Waals surface area contributed by atoms with Crippen molar-refractivity contribution in [3.8, 4) is 0 Å². The molecule has 0 aliphatic heterocycles. The fourth-order valence-electron chi connectivity index (χ4n) is 1.57. The van der Waals surface area contributed by atoms with Gasteiger partial charge in [-0.1, -0.05) is 34.1 Å². The largest absolute Gasteiger partial charge is 0.305 e. The first-order chi connectivity index (χ1) is 6.47. The maximum atomic E-state index is 10.9. The summed E-state index contributed by atoms with van der Waals surface area (Å²) in [5.41, 5.74) is -0.164. The summed E-state index contributed by atoms with van der Waals surface area (Å²) < 4.78 is 0.